The van der Waals surface area contributed by atoms with Crippen LogP contribution in [-0.2, 0) is 0 Å². The van der Waals surface area contributed by atoms with Gasteiger partial charge in [0.15, 0.2) is 5.78 Å². The summed E-state index contributed by atoms with van der Waals surface area (Å²) in [7, 11) is 0. The minimum atomic E-state index is -0.247. The van der Waals surface area contributed by atoms with Crippen LogP contribution in [0.1, 0.15) is 28.9 Å². The standard InChI is InChI=1S/C14H11Br2NO/c1-9(13-4-2-3-7-17-13)14(18)11-6-5-10(15)8-12(11)16/h2-9H,1H3. The highest BCUT2D eigenvalue weighted by molar-refractivity contribution is 9.11. The van der Waals surface area contributed by atoms with Gasteiger partial charge in [0, 0.05) is 20.7 Å². The number of aromatic nitrogens is 1. The average Bonchev–Trinajstić information content (AvgIpc) is 2.38. The molecule has 0 amide bonds. The van der Waals surface area contributed by atoms with Gasteiger partial charge in [-0.1, -0.05) is 37.9 Å². The molecule has 1 aromatic heterocycles. The van der Waals surface area contributed by atoms with E-state index >= 15 is 0 Å². The summed E-state index contributed by atoms with van der Waals surface area (Å²) in [6.45, 7) is 1.87. The van der Waals surface area contributed by atoms with E-state index in [1.54, 1.807) is 6.20 Å². The van der Waals surface area contributed by atoms with Crippen molar-refractivity contribution in [1.29, 1.82) is 0 Å². The molecule has 0 saturated carbocycles. The first kappa shape index (κ1) is 13.4. The molecule has 0 aliphatic heterocycles. The van der Waals surface area contributed by atoms with Crippen molar-refractivity contribution < 1.29 is 4.79 Å². The molecule has 2 rings (SSSR count). The summed E-state index contributed by atoms with van der Waals surface area (Å²) in [5.41, 5.74) is 1.47. The highest BCUT2D eigenvalue weighted by Gasteiger charge is 2.20. The molecule has 0 N–H and O–H groups in total. The van der Waals surface area contributed by atoms with E-state index in [1.165, 1.54) is 0 Å². The summed E-state index contributed by atoms with van der Waals surface area (Å²) < 4.78 is 1.74. The fourth-order valence-corrected chi connectivity index (χ4v) is 2.93. The average molecular weight is 369 g/mol. The lowest BCUT2D eigenvalue weighted by atomic mass is 9.96. The lowest BCUT2D eigenvalue weighted by Gasteiger charge is -2.11. The van der Waals surface area contributed by atoms with E-state index in [9.17, 15) is 4.79 Å². The van der Waals surface area contributed by atoms with Crippen LogP contribution in [0, 0.1) is 0 Å². The maximum Gasteiger partial charge on any atom is 0.172 e. The van der Waals surface area contributed by atoms with Gasteiger partial charge in [-0.05, 0) is 37.3 Å². The second-order valence-corrected chi connectivity index (χ2v) is 5.73. The lowest BCUT2D eigenvalue weighted by Crippen LogP contribution is -2.11. The zero-order chi connectivity index (χ0) is 13.1. The van der Waals surface area contributed by atoms with Gasteiger partial charge in [-0.3, -0.25) is 9.78 Å². The first-order chi connectivity index (χ1) is 8.59. The fraction of sp³-hybridized carbons (Fsp3) is 0.143. The quantitative estimate of drug-likeness (QED) is 0.741. The maximum absolute atomic E-state index is 12.4. The smallest absolute Gasteiger partial charge is 0.172 e. The normalized spacial score (nSPS) is 12.2. The number of carbonyl (C=O) groups is 1. The van der Waals surface area contributed by atoms with Crippen molar-refractivity contribution in [2.75, 3.05) is 0 Å². The van der Waals surface area contributed by atoms with Crippen molar-refractivity contribution in [2.24, 2.45) is 0 Å². The Morgan fingerprint density at radius 2 is 2.00 bits per heavy atom. The second-order valence-electron chi connectivity index (χ2n) is 3.96. The molecule has 18 heavy (non-hydrogen) atoms. The van der Waals surface area contributed by atoms with Crippen LogP contribution in [0.3, 0.4) is 0 Å². The number of halogens is 2. The highest BCUT2D eigenvalue weighted by atomic mass is 79.9. The predicted octanol–water partition coefficient (Wildman–Crippen LogP) is 4.59. The number of ketones is 1. The first-order valence-electron chi connectivity index (χ1n) is 5.50. The van der Waals surface area contributed by atoms with Crippen LogP contribution in [0.25, 0.3) is 0 Å². The molecule has 4 heteroatoms. The number of carbonyl (C=O) groups excluding carboxylic acids is 1. The SMILES string of the molecule is CC(C(=O)c1ccc(Br)cc1Br)c1ccccn1. The molecule has 1 aromatic carbocycles. The van der Waals surface area contributed by atoms with Gasteiger partial charge in [0.25, 0.3) is 0 Å². The van der Waals surface area contributed by atoms with Gasteiger partial charge in [0.05, 0.1) is 11.6 Å². The molecule has 0 aliphatic rings. The molecule has 0 spiro atoms. The molecule has 2 nitrogen and oxygen atoms in total. The van der Waals surface area contributed by atoms with Gasteiger partial charge in [0.1, 0.15) is 0 Å². The van der Waals surface area contributed by atoms with E-state index in [4.69, 9.17) is 0 Å². The number of nitrogens with zero attached hydrogens (tertiary/aromatic N) is 1. The van der Waals surface area contributed by atoms with Gasteiger partial charge < -0.3 is 0 Å². The largest absolute Gasteiger partial charge is 0.293 e. The molecular weight excluding hydrogens is 358 g/mol. The zero-order valence-electron chi connectivity index (χ0n) is 9.73. The van der Waals surface area contributed by atoms with Crippen LogP contribution >= 0.6 is 31.9 Å². The molecule has 2 aromatic rings. The predicted molar refractivity (Wildman–Crippen MR) is 78.8 cm³/mol. The van der Waals surface area contributed by atoms with Crippen LogP contribution in [0.15, 0.2) is 51.5 Å². The topological polar surface area (TPSA) is 30.0 Å². The monoisotopic (exact) mass is 367 g/mol. The van der Waals surface area contributed by atoms with Gasteiger partial charge in [-0.15, -0.1) is 0 Å². The Bertz CT molecular complexity index is 569. The molecule has 0 aliphatic carbocycles. The van der Waals surface area contributed by atoms with Crippen molar-refractivity contribution in [3.63, 3.8) is 0 Å². The molecule has 0 saturated heterocycles. The van der Waals surface area contributed by atoms with Crippen LogP contribution in [-0.4, -0.2) is 10.8 Å². The summed E-state index contributed by atoms with van der Waals surface area (Å²) in [5.74, 6) is -0.184. The number of rotatable bonds is 3. The third-order valence-corrected chi connectivity index (χ3v) is 3.87. The molecule has 0 radical (unpaired) electrons. The van der Waals surface area contributed by atoms with Crippen molar-refractivity contribution >= 4 is 37.6 Å². The summed E-state index contributed by atoms with van der Waals surface area (Å²) in [5, 5.41) is 0. The third kappa shape index (κ3) is 2.87. The lowest BCUT2D eigenvalue weighted by molar-refractivity contribution is 0.0964. The molecule has 0 bridgehead atoms. The number of Topliss-reactive ketones (excluding diaryl/α,β-unsaturated/α-hetero) is 1. The minimum absolute atomic E-state index is 0.0630. The van der Waals surface area contributed by atoms with E-state index in [2.05, 4.69) is 36.8 Å². The van der Waals surface area contributed by atoms with Crippen molar-refractivity contribution in [2.45, 2.75) is 12.8 Å². The maximum atomic E-state index is 12.4. The Hall–Kier alpha value is -1.00. The Balaban J connectivity index is 2.32. The molecule has 0 fully saturated rings. The Kier molecular flexibility index (Phi) is 4.30. The van der Waals surface area contributed by atoms with Crippen LogP contribution in [0.4, 0.5) is 0 Å². The highest BCUT2D eigenvalue weighted by Crippen LogP contribution is 2.26. The van der Waals surface area contributed by atoms with Crippen molar-refractivity contribution in [3.05, 3.63) is 62.8 Å². The molecule has 1 heterocycles. The Morgan fingerprint density at radius 3 is 2.61 bits per heavy atom. The van der Waals surface area contributed by atoms with Crippen molar-refractivity contribution in [1.82, 2.24) is 4.98 Å². The van der Waals surface area contributed by atoms with E-state index < -0.39 is 0 Å². The summed E-state index contributed by atoms with van der Waals surface area (Å²) in [6, 6.07) is 11.2. The Labute approximate surface area is 123 Å². The van der Waals surface area contributed by atoms with E-state index in [1.807, 2.05) is 43.3 Å². The molecule has 1 atom stereocenters. The number of hydrogen-bond donors (Lipinski definition) is 0. The fourth-order valence-electron chi connectivity index (χ4n) is 1.69. The summed E-state index contributed by atoms with van der Waals surface area (Å²) in [4.78, 5) is 16.6. The summed E-state index contributed by atoms with van der Waals surface area (Å²) >= 11 is 6.79. The van der Waals surface area contributed by atoms with Crippen LogP contribution in [0.2, 0.25) is 0 Å². The van der Waals surface area contributed by atoms with Gasteiger partial charge in [-0.2, -0.15) is 0 Å². The van der Waals surface area contributed by atoms with E-state index in [0.717, 1.165) is 14.6 Å². The molecule has 1 unspecified atom stereocenters. The number of benzene rings is 1. The van der Waals surface area contributed by atoms with E-state index in [0.29, 0.717) is 5.56 Å². The number of hydrogen-bond acceptors (Lipinski definition) is 2. The third-order valence-electron chi connectivity index (χ3n) is 2.72. The first-order valence-corrected chi connectivity index (χ1v) is 7.08. The minimum Gasteiger partial charge on any atom is -0.293 e. The summed E-state index contributed by atoms with van der Waals surface area (Å²) in [6.07, 6.45) is 1.70. The number of pyridine rings is 1. The molecular formula is C14H11Br2NO. The van der Waals surface area contributed by atoms with Gasteiger partial charge >= 0.3 is 0 Å². The van der Waals surface area contributed by atoms with E-state index in [-0.39, 0.29) is 11.7 Å². The zero-order valence-corrected chi connectivity index (χ0v) is 12.9. The van der Waals surface area contributed by atoms with Gasteiger partial charge in [-0.25, -0.2) is 0 Å². The second kappa shape index (κ2) is 5.76. The Morgan fingerprint density at radius 1 is 1.22 bits per heavy atom. The van der Waals surface area contributed by atoms with Crippen LogP contribution in [0.5, 0.6) is 0 Å². The van der Waals surface area contributed by atoms with Crippen molar-refractivity contribution in [3.8, 4) is 0 Å². The molecule has 92 valence electrons. The van der Waals surface area contributed by atoms with Crippen LogP contribution < -0.4 is 0 Å². The van der Waals surface area contributed by atoms with Gasteiger partial charge in [0.2, 0.25) is 0 Å².